The summed E-state index contributed by atoms with van der Waals surface area (Å²) < 4.78 is 28.3. The lowest BCUT2D eigenvalue weighted by Gasteiger charge is -2.32. The van der Waals surface area contributed by atoms with E-state index in [1.54, 1.807) is 36.4 Å². The molecule has 0 aliphatic carbocycles. The number of carbonyl (C=O) groups excluding carboxylic acids is 2. The smallest absolute Gasteiger partial charge is 0.304 e. The minimum Gasteiger partial charge on any atom is -0.304 e. The van der Waals surface area contributed by atoms with Gasteiger partial charge >= 0.3 is 6.03 Å². The summed E-state index contributed by atoms with van der Waals surface area (Å²) in [6.45, 7) is 6.11. The molecule has 0 radical (unpaired) electrons. The molecule has 4 rings (SSSR count). The van der Waals surface area contributed by atoms with Crippen molar-refractivity contribution in [2.24, 2.45) is 0 Å². The fraction of sp³-hybridized carbons (Fsp3) is 0.400. The highest BCUT2D eigenvalue weighted by molar-refractivity contribution is 7.93. The van der Waals surface area contributed by atoms with Gasteiger partial charge in [0.25, 0.3) is 5.91 Å². The number of amides is 3. The van der Waals surface area contributed by atoms with Gasteiger partial charge in [-0.3, -0.25) is 10.1 Å². The van der Waals surface area contributed by atoms with Crippen LogP contribution in [0.3, 0.4) is 0 Å². The third-order valence-electron chi connectivity index (χ3n) is 6.30. The van der Waals surface area contributed by atoms with Crippen molar-refractivity contribution in [2.75, 3.05) is 49.8 Å². The van der Waals surface area contributed by atoms with Crippen molar-refractivity contribution in [2.45, 2.75) is 19.8 Å². The number of thiazole rings is 1. The molecule has 1 saturated heterocycles. The number of halogens is 1. The van der Waals surface area contributed by atoms with Crippen LogP contribution in [0.5, 0.6) is 0 Å². The maximum atomic E-state index is 13.5. The maximum absolute atomic E-state index is 13.5. The van der Waals surface area contributed by atoms with Crippen molar-refractivity contribution in [1.82, 2.24) is 20.1 Å². The number of piperazine rings is 1. The van der Waals surface area contributed by atoms with E-state index in [1.807, 2.05) is 13.0 Å². The van der Waals surface area contributed by atoms with Crippen LogP contribution in [0.4, 0.5) is 9.93 Å². The lowest BCUT2D eigenvalue weighted by atomic mass is 10.1. The van der Waals surface area contributed by atoms with Gasteiger partial charge in [0.1, 0.15) is 0 Å². The summed E-state index contributed by atoms with van der Waals surface area (Å²) >= 11 is 7.28. The Labute approximate surface area is 226 Å². The molecule has 1 aromatic heterocycles. The number of benzene rings is 2. The highest BCUT2D eigenvalue weighted by atomic mass is 35.5. The zero-order valence-corrected chi connectivity index (χ0v) is 23.2. The molecule has 0 saturated carbocycles. The molecule has 2 heterocycles. The van der Waals surface area contributed by atoms with Gasteiger partial charge in [0, 0.05) is 26.2 Å². The summed E-state index contributed by atoms with van der Waals surface area (Å²) in [6, 6.07) is 11.0. The molecule has 2 aromatic carbocycles. The summed E-state index contributed by atoms with van der Waals surface area (Å²) in [6.07, 6.45) is 1.02. The number of aromatic nitrogens is 1. The highest BCUT2D eigenvalue weighted by Gasteiger charge is 2.33. The van der Waals surface area contributed by atoms with Crippen LogP contribution in [0, 0.1) is 0 Å². The predicted octanol–water partition coefficient (Wildman–Crippen LogP) is 3.84. The molecule has 3 aromatic rings. The van der Waals surface area contributed by atoms with Gasteiger partial charge in [0.2, 0.25) is 15.2 Å². The van der Waals surface area contributed by atoms with Gasteiger partial charge < -0.3 is 9.80 Å². The standard InChI is InChI=1S/C25H30ClN5O4S2/c1-3-18-9-10-20(26)19(17-18)23(32)28-24(33)31(25-27-21-7-4-5-8-22(21)36-25)37(34,35)16-6-11-30-14-12-29(2)13-15-30/h4-5,7-10,17H,3,6,11-16H2,1-2H3,(H,28,32,33). The Morgan fingerprint density at radius 3 is 2.57 bits per heavy atom. The molecule has 0 unspecified atom stereocenters. The predicted molar refractivity (Wildman–Crippen MR) is 148 cm³/mol. The third kappa shape index (κ3) is 6.66. The van der Waals surface area contributed by atoms with Crippen LogP contribution in [-0.4, -0.2) is 80.7 Å². The fourth-order valence-corrected chi connectivity index (χ4v) is 6.87. The van der Waals surface area contributed by atoms with Crippen LogP contribution in [0.15, 0.2) is 42.5 Å². The molecule has 37 heavy (non-hydrogen) atoms. The Kier molecular flexibility index (Phi) is 8.81. The van der Waals surface area contributed by atoms with Gasteiger partial charge in [-0.2, -0.15) is 4.31 Å². The second kappa shape index (κ2) is 11.9. The van der Waals surface area contributed by atoms with Crippen LogP contribution in [0.25, 0.3) is 10.2 Å². The lowest BCUT2D eigenvalue weighted by molar-refractivity contribution is 0.0966. The summed E-state index contributed by atoms with van der Waals surface area (Å²) in [5.41, 5.74) is 1.53. The fourth-order valence-electron chi connectivity index (χ4n) is 4.09. The minimum absolute atomic E-state index is 0.0143. The summed E-state index contributed by atoms with van der Waals surface area (Å²) in [7, 11) is -2.08. The lowest BCUT2D eigenvalue weighted by Crippen LogP contribution is -2.48. The van der Waals surface area contributed by atoms with Crippen LogP contribution in [0.2, 0.25) is 5.02 Å². The second-order valence-electron chi connectivity index (χ2n) is 8.97. The SMILES string of the molecule is CCc1ccc(Cl)c(C(=O)NC(=O)N(c2nc3ccccc3s2)S(=O)(=O)CCCN2CCN(C)CC2)c1. The van der Waals surface area contributed by atoms with E-state index in [0.29, 0.717) is 29.2 Å². The average Bonchev–Trinajstić information content (AvgIpc) is 3.28. The number of urea groups is 1. The highest BCUT2D eigenvalue weighted by Crippen LogP contribution is 2.31. The quantitative estimate of drug-likeness (QED) is 0.444. The van der Waals surface area contributed by atoms with E-state index < -0.39 is 22.0 Å². The van der Waals surface area contributed by atoms with Gasteiger partial charge in [-0.15, -0.1) is 0 Å². The summed E-state index contributed by atoms with van der Waals surface area (Å²) in [5, 5.41) is 2.37. The molecule has 0 atom stereocenters. The Bertz CT molecular complexity index is 1350. The van der Waals surface area contributed by atoms with Gasteiger partial charge in [0.05, 0.1) is 26.6 Å². The van der Waals surface area contributed by atoms with Crippen LogP contribution < -0.4 is 9.62 Å². The zero-order valence-electron chi connectivity index (χ0n) is 20.8. The van der Waals surface area contributed by atoms with Crippen molar-refractivity contribution < 1.29 is 18.0 Å². The second-order valence-corrected chi connectivity index (χ2v) is 12.3. The number of likely N-dealkylation sites (N-methyl/N-ethyl adjacent to an activating group) is 1. The van der Waals surface area contributed by atoms with Crippen molar-refractivity contribution in [3.63, 3.8) is 0 Å². The van der Waals surface area contributed by atoms with Crippen molar-refractivity contribution in [1.29, 1.82) is 0 Å². The van der Waals surface area contributed by atoms with Crippen LogP contribution in [-0.2, 0) is 16.4 Å². The van der Waals surface area contributed by atoms with Gasteiger partial charge in [-0.1, -0.05) is 48.1 Å². The number of imide groups is 1. The molecule has 12 heteroatoms. The largest absolute Gasteiger partial charge is 0.344 e. The zero-order chi connectivity index (χ0) is 26.6. The molecule has 3 amide bonds. The molecule has 1 fully saturated rings. The summed E-state index contributed by atoms with van der Waals surface area (Å²) in [4.78, 5) is 35.1. The molecule has 0 spiro atoms. The van der Waals surface area contributed by atoms with Crippen molar-refractivity contribution in [3.05, 3.63) is 58.6 Å². The minimum atomic E-state index is -4.14. The normalized spacial score (nSPS) is 15.1. The first-order valence-electron chi connectivity index (χ1n) is 12.1. The molecular formula is C25H30ClN5O4S2. The molecular weight excluding hydrogens is 534 g/mol. The van der Waals surface area contributed by atoms with Gasteiger partial charge in [0.15, 0.2) is 0 Å². The van der Waals surface area contributed by atoms with E-state index >= 15 is 0 Å². The Morgan fingerprint density at radius 2 is 1.86 bits per heavy atom. The number of rotatable bonds is 8. The number of anilines is 1. The number of hydrogen-bond donors (Lipinski definition) is 1. The number of carbonyl (C=O) groups is 2. The van der Waals surface area contributed by atoms with E-state index in [-0.39, 0.29) is 21.5 Å². The summed E-state index contributed by atoms with van der Waals surface area (Å²) in [5.74, 6) is -1.03. The number of nitrogens with one attached hydrogen (secondary N) is 1. The number of para-hydroxylation sites is 1. The average molecular weight is 564 g/mol. The third-order valence-corrected chi connectivity index (χ3v) is 9.46. The molecule has 1 aliphatic rings. The Hall–Kier alpha value is -2.57. The van der Waals surface area contributed by atoms with Gasteiger partial charge in [-0.05, 0) is 56.3 Å². The Balaban J connectivity index is 1.56. The van der Waals surface area contributed by atoms with Crippen LogP contribution >= 0.6 is 22.9 Å². The first-order valence-corrected chi connectivity index (χ1v) is 14.9. The Morgan fingerprint density at radius 1 is 1.14 bits per heavy atom. The van der Waals surface area contributed by atoms with E-state index in [4.69, 9.17) is 11.6 Å². The number of aryl methyl sites for hydroxylation is 1. The van der Waals surface area contributed by atoms with E-state index in [2.05, 4.69) is 27.1 Å². The molecule has 1 N–H and O–H groups in total. The number of sulfonamides is 1. The number of nitrogens with zero attached hydrogens (tertiary/aromatic N) is 4. The van der Waals surface area contributed by atoms with E-state index in [9.17, 15) is 18.0 Å². The van der Waals surface area contributed by atoms with Crippen molar-refractivity contribution in [3.8, 4) is 0 Å². The first-order chi connectivity index (χ1) is 17.7. The van der Waals surface area contributed by atoms with Crippen LogP contribution in [0.1, 0.15) is 29.3 Å². The maximum Gasteiger partial charge on any atom is 0.344 e. The molecule has 0 bridgehead atoms. The monoisotopic (exact) mass is 563 g/mol. The van der Waals surface area contributed by atoms with E-state index in [1.165, 1.54) is 0 Å². The molecule has 198 valence electrons. The van der Waals surface area contributed by atoms with Gasteiger partial charge in [-0.25, -0.2) is 18.2 Å². The number of fused-ring (bicyclic) bond motifs is 1. The topological polar surface area (TPSA) is 103 Å². The number of hydrogen-bond acceptors (Lipinski definition) is 8. The first kappa shape index (κ1) is 27.5. The molecule has 1 aliphatic heterocycles. The molecule has 9 nitrogen and oxygen atoms in total. The van der Waals surface area contributed by atoms with E-state index in [0.717, 1.165) is 47.8 Å². The van der Waals surface area contributed by atoms with Crippen molar-refractivity contribution >= 4 is 60.2 Å².